The molecule has 1 amide bonds. The van der Waals surface area contributed by atoms with Crippen LogP contribution in [-0.2, 0) is 6.54 Å². The highest BCUT2D eigenvalue weighted by atomic mass is 19.1. The number of aromatic nitrogens is 4. The minimum atomic E-state index is -0.662. The van der Waals surface area contributed by atoms with Crippen LogP contribution in [0.15, 0.2) is 48.9 Å². The SMILES string of the molecule is NC(=O)c1ccc(Cn2cc(-c3cccnc3)nn2)c(F)c1. The first-order valence-corrected chi connectivity index (χ1v) is 6.52. The summed E-state index contributed by atoms with van der Waals surface area (Å²) in [7, 11) is 0. The summed E-state index contributed by atoms with van der Waals surface area (Å²) in [5, 5.41) is 8.00. The van der Waals surface area contributed by atoms with E-state index in [-0.39, 0.29) is 12.1 Å². The molecule has 1 aromatic carbocycles. The molecule has 0 saturated carbocycles. The number of nitrogens with zero attached hydrogens (tertiary/aromatic N) is 4. The van der Waals surface area contributed by atoms with Crippen molar-refractivity contribution >= 4 is 5.91 Å². The maximum Gasteiger partial charge on any atom is 0.248 e. The number of halogens is 1. The number of carbonyl (C=O) groups is 1. The molecule has 0 bridgehead atoms. The van der Waals surface area contributed by atoms with Gasteiger partial charge in [-0.15, -0.1) is 5.10 Å². The lowest BCUT2D eigenvalue weighted by molar-refractivity contribution is 0.1000. The molecule has 0 fully saturated rings. The number of benzene rings is 1. The molecule has 22 heavy (non-hydrogen) atoms. The summed E-state index contributed by atoms with van der Waals surface area (Å²) in [5.74, 6) is -1.17. The molecule has 7 heteroatoms. The van der Waals surface area contributed by atoms with Crippen LogP contribution in [0.25, 0.3) is 11.3 Å². The van der Waals surface area contributed by atoms with Gasteiger partial charge >= 0.3 is 0 Å². The predicted molar refractivity (Wildman–Crippen MR) is 77.3 cm³/mol. The number of hydrogen-bond acceptors (Lipinski definition) is 4. The average Bonchev–Trinajstić information content (AvgIpc) is 2.98. The summed E-state index contributed by atoms with van der Waals surface area (Å²) in [6.45, 7) is 0.206. The van der Waals surface area contributed by atoms with E-state index in [1.807, 2.05) is 6.07 Å². The smallest absolute Gasteiger partial charge is 0.248 e. The van der Waals surface area contributed by atoms with Gasteiger partial charge in [0, 0.05) is 29.1 Å². The zero-order valence-electron chi connectivity index (χ0n) is 11.5. The molecule has 2 N–H and O–H groups in total. The van der Waals surface area contributed by atoms with E-state index in [0.29, 0.717) is 11.3 Å². The number of nitrogens with two attached hydrogens (primary N) is 1. The van der Waals surface area contributed by atoms with Crippen molar-refractivity contribution in [2.75, 3.05) is 0 Å². The van der Waals surface area contributed by atoms with E-state index in [9.17, 15) is 9.18 Å². The van der Waals surface area contributed by atoms with Crippen molar-refractivity contribution in [3.05, 3.63) is 65.9 Å². The molecule has 0 saturated heterocycles. The van der Waals surface area contributed by atoms with Crippen LogP contribution in [0.3, 0.4) is 0 Å². The zero-order chi connectivity index (χ0) is 15.5. The molecule has 0 aliphatic carbocycles. The molecular formula is C15H12FN5O. The Hall–Kier alpha value is -3.09. The van der Waals surface area contributed by atoms with Crippen LogP contribution in [0.4, 0.5) is 4.39 Å². The third kappa shape index (κ3) is 2.83. The van der Waals surface area contributed by atoms with Gasteiger partial charge < -0.3 is 5.73 Å². The summed E-state index contributed by atoms with van der Waals surface area (Å²) >= 11 is 0. The molecule has 3 aromatic rings. The van der Waals surface area contributed by atoms with Gasteiger partial charge in [-0.25, -0.2) is 9.07 Å². The Bertz CT molecular complexity index is 816. The monoisotopic (exact) mass is 297 g/mol. The van der Waals surface area contributed by atoms with Gasteiger partial charge in [-0.2, -0.15) is 0 Å². The number of pyridine rings is 1. The second-order valence-corrected chi connectivity index (χ2v) is 4.71. The van der Waals surface area contributed by atoms with E-state index in [1.165, 1.54) is 16.8 Å². The summed E-state index contributed by atoms with van der Waals surface area (Å²) in [6.07, 6.45) is 5.05. The van der Waals surface area contributed by atoms with Crippen LogP contribution < -0.4 is 5.73 Å². The van der Waals surface area contributed by atoms with Crippen LogP contribution in [0.2, 0.25) is 0 Å². The fourth-order valence-corrected chi connectivity index (χ4v) is 2.03. The molecule has 0 aliphatic heterocycles. The minimum Gasteiger partial charge on any atom is -0.366 e. The molecule has 0 radical (unpaired) electrons. The predicted octanol–water partition coefficient (Wildman–Crippen LogP) is 1.63. The maximum atomic E-state index is 13.9. The Morgan fingerprint density at radius 1 is 1.32 bits per heavy atom. The van der Waals surface area contributed by atoms with Crippen molar-refractivity contribution in [1.82, 2.24) is 20.0 Å². The van der Waals surface area contributed by atoms with Crippen LogP contribution in [0.1, 0.15) is 15.9 Å². The fourth-order valence-electron chi connectivity index (χ4n) is 2.03. The third-order valence-electron chi connectivity index (χ3n) is 3.17. The first-order chi connectivity index (χ1) is 10.6. The molecule has 0 spiro atoms. The first kappa shape index (κ1) is 13.9. The normalized spacial score (nSPS) is 10.6. The van der Waals surface area contributed by atoms with Gasteiger partial charge in [-0.1, -0.05) is 11.3 Å². The lowest BCUT2D eigenvalue weighted by Crippen LogP contribution is -2.12. The largest absolute Gasteiger partial charge is 0.366 e. The highest BCUT2D eigenvalue weighted by Crippen LogP contribution is 2.16. The lowest BCUT2D eigenvalue weighted by atomic mass is 10.1. The summed E-state index contributed by atoms with van der Waals surface area (Å²) in [5.41, 5.74) is 7.13. The molecule has 0 atom stereocenters. The minimum absolute atomic E-state index is 0.135. The first-order valence-electron chi connectivity index (χ1n) is 6.52. The second kappa shape index (κ2) is 5.72. The van der Waals surface area contributed by atoms with Gasteiger partial charge in [-0.3, -0.25) is 9.78 Å². The van der Waals surface area contributed by atoms with Crippen molar-refractivity contribution in [1.29, 1.82) is 0 Å². The highest BCUT2D eigenvalue weighted by molar-refractivity contribution is 5.92. The highest BCUT2D eigenvalue weighted by Gasteiger charge is 2.09. The topological polar surface area (TPSA) is 86.7 Å². The van der Waals surface area contributed by atoms with E-state index in [2.05, 4.69) is 15.3 Å². The van der Waals surface area contributed by atoms with Gasteiger partial charge in [0.2, 0.25) is 5.91 Å². The number of carbonyl (C=O) groups excluding carboxylic acids is 1. The molecule has 0 unspecified atom stereocenters. The van der Waals surface area contributed by atoms with Crippen molar-refractivity contribution in [2.24, 2.45) is 5.73 Å². The van der Waals surface area contributed by atoms with E-state index in [1.54, 1.807) is 24.7 Å². The van der Waals surface area contributed by atoms with E-state index < -0.39 is 11.7 Å². The molecule has 2 aromatic heterocycles. The zero-order valence-corrected chi connectivity index (χ0v) is 11.5. The number of primary amides is 1. The Morgan fingerprint density at radius 3 is 2.86 bits per heavy atom. The van der Waals surface area contributed by atoms with E-state index in [4.69, 9.17) is 5.73 Å². The number of amides is 1. The van der Waals surface area contributed by atoms with Crippen LogP contribution in [-0.4, -0.2) is 25.9 Å². The quantitative estimate of drug-likeness (QED) is 0.793. The summed E-state index contributed by atoms with van der Waals surface area (Å²) < 4.78 is 15.5. The van der Waals surface area contributed by atoms with Crippen LogP contribution in [0, 0.1) is 5.82 Å². The molecular weight excluding hydrogens is 285 g/mol. The van der Waals surface area contributed by atoms with Gasteiger partial charge in [0.05, 0.1) is 12.7 Å². The van der Waals surface area contributed by atoms with Crippen molar-refractivity contribution in [3.8, 4) is 11.3 Å². The Balaban J connectivity index is 1.82. The standard InChI is InChI=1S/C15H12FN5O/c16-13-6-10(15(17)22)3-4-12(13)8-21-9-14(19-20-21)11-2-1-5-18-7-11/h1-7,9H,8H2,(H2,17,22). The average molecular weight is 297 g/mol. The maximum absolute atomic E-state index is 13.9. The lowest BCUT2D eigenvalue weighted by Gasteiger charge is -2.04. The molecule has 2 heterocycles. The molecule has 0 aliphatic rings. The van der Waals surface area contributed by atoms with Gasteiger partial charge in [0.1, 0.15) is 11.5 Å². The summed E-state index contributed by atoms with van der Waals surface area (Å²) in [6, 6.07) is 7.79. The van der Waals surface area contributed by atoms with Crippen molar-refractivity contribution in [2.45, 2.75) is 6.54 Å². The molecule has 6 nitrogen and oxygen atoms in total. The Morgan fingerprint density at radius 2 is 2.18 bits per heavy atom. The summed E-state index contributed by atoms with van der Waals surface area (Å²) in [4.78, 5) is 15.0. The fraction of sp³-hybridized carbons (Fsp3) is 0.0667. The molecule has 110 valence electrons. The second-order valence-electron chi connectivity index (χ2n) is 4.71. The van der Waals surface area contributed by atoms with Crippen molar-refractivity contribution < 1.29 is 9.18 Å². The van der Waals surface area contributed by atoms with Crippen LogP contribution >= 0.6 is 0 Å². The Labute approximate surface area is 125 Å². The van der Waals surface area contributed by atoms with Gasteiger partial charge in [0.25, 0.3) is 0 Å². The van der Waals surface area contributed by atoms with Crippen molar-refractivity contribution in [3.63, 3.8) is 0 Å². The Kier molecular flexibility index (Phi) is 3.61. The van der Waals surface area contributed by atoms with Gasteiger partial charge in [-0.05, 0) is 24.3 Å². The number of rotatable bonds is 4. The number of hydrogen-bond donors (Lipinski definition) is 1. The molecule has 3 rings (SSSR count). The van der Waals surface area contributed by atoms with Gasteiger partial charge in [0.15, 0.2) is 0 Å². The third-order valence-corrected chi connectivity index (χ3v) is 3.17. The van der Waals surface area contributed by atoms with E-state index in [0.717, 1.165) is 11.6 Å². The van der Waals surface area contributed by atoms with E-state index >= 15 is 0 Å². The van der Waals surface area contributed by atoms with Crippen LogP contribution in [0.5, 0.6) is 0 Å².